The van der Waals surface area contributed by atoms with Crippen molar-refractivity contribution in [3.8, 4) is 16.8 Å². The summed E-state index contributed by atoms with van der Waals surface area (Å²) < 4.78 is 8.48. The van der Waals surface area contributed by atoms with E-state index >= 15 is 0 Å². The summed E-state index contributed by atoms with van der Waals surface area (Å²) in [4.78, 5) is 15.2. The van der Waals surface area contributed by atoms with E-state index in [2.05, 4.69) is 131 Å². The van der Waals surface area contributed by atoms with Gasteiger partial charge < -0.3 is 21.2 Å². The molecule has 3 atom stereocenters. The van der Waals surface area contributed by atoms with Gasteiger partial charge in [0, 0.05) is 50.8 Å². The van der Waals surface area contributed by atoms with Crippen molar-refractivity contribution in [3.63, 3.8) is 0 Å². The van der Waals surface area contributed by atoms with Gasteiger partial charge in [-0.15, -0.1) is 0 Å². The Morgan fingerprint density at radius 3 is 2.07 bits per heavy atom. The summed E-state index contributed by atoms with van der Waals surface area (Å²) in [6.45, 7) is 2.04. The zero-order valence-corrected chi connectivity index (χ0v) is 33.4. The Balaban J connectivity index is 0.934. The highest BCUT2D eigenvalue weighted by molar-refractivity contribution is 6.19. The van der Waals surface area contributed by atoms with Gasteiger partial charge in [0.15, 0.2) is 6.17 Å². The number of rotatable bonds is 7. The molecule has 0 bridgehead atoms. The number of amidine groups is 2. The van der Waals surface area contributed by atoms with Crippen LogP contribution >= 0.6 is 0 Å². The van der Waals surface area contributed by atoms with Gasteiger partial charge in [0.05, 0.1) is 11.0 Å². The Labute approximate surface area is 352 Å². The van der Waals surface area contributed by atoms with Gasteiger partial charge in [-0.1, -0.05) is 140 Å². The van der Waals surface area contributed by atoms with Crippen molar-refractivity contribution in [2.75, 3.05) is 0 Å². The van der Waals surface area contributed by atoms with E-state index in [1.54, 1.807) is 0 Å². The molecule has 0 radical (unpaired) electrons. The van der Waals surface area contributed by atoms with Gasteiger partial charge in [0.1, 0.15) is 28.7 Å². The fourth-order valence-corrected chi connectivity index (χ4v) is 8.93. The topological polar surface area (TPSA) is 120 Å². The van der Waals surface area contributed by atoms with Crippen molar-refractivity contribution < 1.29 is 4.42 Å². The predicted molar refractivity (Wildman–Crippen MR) is 248 cm³/mol. The zero-order chi connectivity index (χ0) is 41.0. The molecule has 2 aromatic heterocycles. The summed E-state index contributed by atoms with van der Waals surface area (Å²) >= 11 is 0. The highest BCUT2D eigenvalue weighted by Gasteiger charge is 2.27. The van der Waals surface area contributed by atoms with Crippen LogP contribution in [0.25, 0.3) is 55.4 Å². The number of fused-ring (bicyclic) bond motifs is 4. The Hall–Kier alpha value is -7.81. The molecule has 0 fully saturated rings. The molecule has 0 saturated heterocycles. The molecule has 1 aliphatic carbocycles. The molecule has 1 aliphatic heterocycles. The second-order valence-electron chi connectivity index (χ2n) is 15.6. The van der Waals surface area contributed by atoms with Crippen LogP contribution in [0.4, 0.5) is 0 Å². The number of furan rings is 1. The molecule has 0 spiro atoms. The van der Waals surface area contributed by atoms with Crippen molar-refractivity contribution in [2.45, 2.75) is 25.0 Å². The van der Waals surface area contributed by atoms with Gasteiger partial charge in [-0.2, -0.15) is 0 Å². The minimum Gasteiger partial charge on any atom is -0.456 e. The number of hydrogen-bond donors (Lipinski definition) is 3. The third-order valence-corrected chi connectivity index (χ3v) is 11.9. The van der Waals surface area contributed by atoms with Crippen LogP contribution in [0, 0.1) is 6.92 Å². The first-order chi connectivity index (χ1) is 30.0. The number of nitrogens with zero attached hydrogens (tertiary/aromatic N) is 4. The Kier molecular flexibility index (Phi) is 8.79. The largest absolute Gasteiger partial charge is 0.456 e. The third kappa shape index (κ3) is 6.41. The molecular formula is C53H41N7O. The molecule has 9 aromatic rings. The van der Waals surface area contributed by atoms with Crippen LogP contribution in [0.15, 0.2) is 202 Å². The van der Waals surface area contributed by atoms with Crippen LogP contribution in [0.5, 0.6) is 0 Å². The maximum atomic E-state index is 7.02. The Morgan fingerprint density at radius 2 is 1.25 bits per heavy atom. The number of aliphatic imine (C=N–C) groups is 2. The lowest BCUT2D eigenvalue weighted by molar-refractivity contribution is 0.668. The van der Waals surface area contributed by atoms with Crippen LogP contribution < -0.4 is 16.8 Å². The number of aryl methyl sites for hydroxylation is 1. The Bertz CT molecular complexity index is 3280. The number of nitrogens with two attached hydrogens (primary N) is 2. The van der Waals surface area contributed by atoms with Gasteiger partial charge >= 0.3 is 0 Å². The maximum Gasteiger partial charge on any atom is 0.169 e. The predicted octanol–water partition coefficient (Wildman–Crippen LogP) is 10.7. The van der Waals surface area contributed by atoms with Gasteiger partial charge in [-0.05, 0) is 77.2 Å². The first-order valence-corrected chi connectivity index (χ1v) is 20.5. The number of imidazole rings is 1. The molecule has 8 heteroatoms. The van der Waals surface area contributed by atoms with E-state index in [4.69, 9.17) is 30.9 Å². The Morgan fingerprint density at radius 1 is 0.590 bits per heavy atom. The van der Waals surface area contributed by atoms with E-state index in [-0.39, 0.29) is 12.0 Å². The normalized spacial score (nSPS) is 17.8. The first-order valence-electron chi connectivity index (χ1n) is 20.5. The molecule has 5 N–H and O–H groups in total. The standard InChI is InChI=1S/C53H41N7O/c1-32-56-47-20-10-11-21-48(47)60(32)36-26-23-33(24-27-36)43-30-46(55)44(31-45(43)54)39-17-6-5-15-37(39)38-16-7-8-19-42(38)53-58-51(34-13-3-2-4-14-34)57-52(59-53)35-25-28-41-40-18-9-12-22-49(40)61-50(41)29-35/h2-31,43,45,51H,54-55H2,1H3,(H,57,58,59). The van der Waals surface area contributed by atoms with Crippen LogP contribution in [0.1, 0.15) is 45.7 Å². The van der Waals surface area contributed by atoms with Crippen LogP contribution in [-0.4, -0.2) is 27.3 Å². The van der Waals surface area contributed by atoms with E-state index in [9.17, 15) is 0 Å². The lowest BCUT2D eigenvalue weighted by Crippen LogP contribution is -2.36. The van der Waals surface area contributed by atoms with Gasteiger partial charge in [0.25, 0.3) is 0 Å². The molecule has 2 aliphatic rings. The molecule has 61 heavy (non-hydrogen) atoms. The van der Waals surface area contributed by atoms with Crippen molar-refractivity contribution in [2.24, 2.45) is 21.5 Å². The van der Waals surface area contributed by atoms with Crippen molar-refractivity contribution in [1.82, 2.24) is 14.9 Å². The minimum atomic E-state index is -0.464. The third-order valence-electron chi connectivity index (χ3n) is 11.9. The van der Waals surface area contributed by atoms with E-state index in [0.717, 1.165) is 89.0 Å². The van der Waals surface area contributed by atoms with E-state index < -0.39 is 6.17 Å². The fourth-order valence-electron chi connectivity index (χ4n) is 8.93. The number of aromatic nitrogens is 2. The summed E-state index contributed by atoms with van der Waals surface area (Å²) in [5.41, 5.74) is 27.4. The molecule has 3 heterocycles. The van der Waals surface area contributed by atoms with Gasteiger partial charge in [-0.3, -0.25) is 4.57 Å². The van der Waals surface area contributed by atoms with Crippen LogP contribution in [-0.2, 0) is 0 Å². The van der Waals surface area contributed by atoms with E-state index in [0.29, 0.717) is 17.4 Å². The monoisotopic (exact) mass is 791 g/mol. The molecule has 7 aromatic carbocycles. The smallest absolute Gasteiger partial charge is 0.169 e. The first kappa shape index (κ1) is 36.3. The number of benzene rings is 7. The molecule has 0 amide bonds. The number of allylic oxidation sites excluding steroid dienone is 1. The molecule has 294 valence electrons. The average molecular weight is 792 g/mol. The van der Waals surface area contributed by atoms with E-state index in [1.165, 1.54) is 0 Å². The summed E-state index contributed by atoms with van der Waals surface area (Å²) in [6.07, 6.45) is 3.76. The summed E-state index contributed by atoms with van der Waals surface area (Å²) in [5, 5.41) is 5.79. The average Bonchev–Trinajstić information content (AvgIpc) is 3.86. The SMILES string of the molecule is Cc1nc2ccccc2n1-c1ccc(C2C=C(N)C(c3ccccc3-c3ccccc3C3=NC(c4ccccc4)N=C(c4ccc5c(c4)oc4ccccc45)N3)=CC2N)cc1. The number of nitrogens with one attached hydrogen (secondary N) is 1. The van der Waals surface area contributed by atoms with E-state index in [1.807, 2.05) is 67.6 Å². The maximum absolute atomic E-state index is 7.02. The quantitative estimate of drug-likeness (QED) is 0.148. The second-order valence-corrected chi connectivity index (χ2v) is 15.6. The van der Waals surface area contributed by atoms with Crippen molar-refractivity contribution in [1.29, 1.82) is 0 Å². The number of para-hydroxylation sites is 3. The highest BCUT2D eigenvalue weighted by atomic mass is 16.3. The lowest BCUT2D eigenvalue weighted by Gasteiger charge is -2.28. The minimum absolute atomic E-state index is 0.0925. The van der Waals surface area contributed by atoms with Gasteiger partial charge in [0.2, 0.25) is 0 Å². The molecule has 0 saturated carbocycles. The van der Waals surface area contributed by atoms with Crippen molar-refractivity contribution in [3.05, 3.63) is 221 Å². The van der Waals surface area contributed by atoms with Crippen molar-refractivity contribution >= 4 is 50.2 Å². The number of hydrogen-bond acceptors (Lipinski definition) is 7. The van der Waals surface area contributed by atoms with Crippen LogP contribution in [0.3, 0.4) is 0 Å². The fraction of sp³-hybridized carbons (Fsp3) is 0.0755. The van der Waals surface area contributed by atoms with Gasteiger partial charge in [-0.25, -0.2) is 15.0 Å². The molecule has 8 nitrogen and oxygen atoms in total. The molecule has 3 unspecified atom stereocenters. The van der Waals surface area contributed by atoms with Crippen LogP contribution in [0.2, 0.25) is 0 Å². The molecular weight excluding hydrogens is 751 g/mol. The summed E-state index contributed by atoms with van der Waals surface area (Å²) in [7, 11) is 0. The summed E-state index contributed by atoms with van der Waals surface area (Å²) in [5.74, 6) is 2.28. The zero-order valence-electron chi connectivity index (χ0n) is 33.4. The lowest BCUT2D eigenvalue weighted by atomic mass is 9.81. The highest BCUT2D eigenvalue weighted by Crippen LogP contribution is 2.39. The molecule has 11 rings (SSSR count). The second kappa shape index (κ2) is 14.8. The summed E-state index contributed by atoms with van der Waals surface area (Å²) in [6, 6.07) is 57.8.